The summed E-state index contributed by atoms with van der Waals surface area (Å²) in [7, 11) is -1.72. The van der Waals surface area contributed by atoms with Gasteiger partial charge < -0.3 is 4.90 Å². The van der Waals surface area contributed by atoms with E-state index in [0.717, 1.165) is 18.7 Å². The molecule has 0 aliphatic rings. The van der Waals surface area contributed by atoms with Crippen molar-refractivity contribution in [2.24, 2.45) is 0 Å². The lowest BCUT2D eigenvalue weighted by Gasteiger charge is -2.38. The number of anilines is 1. The quantitative estimate of drug-likeness (QED) is 0.244. The second kappa shape index (κ2) is 11.4. The van der Waals surface area contributed by atoms with Gasteiger partial charge in [0.1, 0.15) is 8.07 Å². The lowest BCUT2D eigenvalue weighted by atomic mass is 10.1. The highest BCUT2D eigenvalue weighted by molar-refractivity contribution is 6.90. The summed E-state index contributed by atoms with van der Waals surface area (Å²) in [5.41, 5.74) is 10.8. The maximum atomic E-state index is 3.85. The fraction of sp³-hybridized carbons (Fsp3) is 0.355. The molecule has 33 heavy (non-hydrogen) atoms. The van der Waals surface area contributed by atoms with Crippen LogP contribution >= 0.6 is 0 Å². The van der Waals surface area contributed by atoms with E-state index < -0.39 is 8.07 Å². The van der Waals surface area contributed by atoms with Crippen molar-refractivity contribution in [3.8, 4) is 11.5 Å². The summed E-state index contributed by atoms with van der Waals surface area (Å²) in [6.45, 7) is 16.0. The Morgan fingerprint density at radius 2 is 1.03 bits per heavy atom. The molecule has 0 amide bonds. The molecular formula is C31H39NSi. The van der Waals surface area contributed by atoms with Crippen molar-refractivity contribution in [3.63, 3.8) is 0 Å². The molecule has 0 aliphatic carbocycles. The molecule has 0 atom stereocenters. The van der Waals surface area contributed by atoms with Gasteiger partial charge in [-0.2, -0.15) is 0 Å². The van der Waals surface area contributed by atoms with Crippen LogP contribution in [0, 0.1) is 11.5 Å². The molecule has 0 aliphatic heterocycles. The van der Waals surface area contributed by atoms with Gasteiger partial charge in [-0.1, -0.05) is 108 Å². The van der Waals surface area contributed by atoms with Crippen molar-refractivity contribution < 1.29 is 0 Å². The lowest BCUT2D eigenvalue weighted by Crippen LogP contribution is -2.43. The predicted octanol–water partition coefficient (Wildman–Crippen LogP) is 8.46. The number of nitrogens with zero attached hydrogens (tertiary/aromatic N) is 1. The molecule has 3 aromatic carbocycles. The minimum atomic E-state index is -1.72. The molecule has 3 aromatic rings. The lowest BCUT2D eigenvalue weighted by molar-refractivity contribution is 0.800. The largest absolute Gasteiger partial charge is 0.363 e. The van der Waals surface area contributed by atoms with E-state index in [4.69, 9.17) is 0 Å². The summed E-state index contributed by atoms with van der Waals surface area (Å²) in [5.74, 6) is 3.59. The molecule has 0 heterocycles. The van der Waals surface area contributed by atoms with Gasteiger partial charge in [-0.05, 0) is 52.0 Å². The third kappa shape index (κ3) is 6.18. The summed E-state index contributed by atoms with van der Waals surface area (Å²) in [6, 6.07) is 30.3. The van der Waals surface area contributed by atoms with E-state index in [1.54, 1.807) is 0 Å². The highest BCUT2D eigenvalue weighted by Crippen LogP contribution is 2.40. The van der Waals surface area contributed by atoms with Gasteiger partial charge in [-0.3, -0.25) is 0 Å². The number of benzene rings is 3. The molecule has 0 saturated heterocycles. The van der Waals surface area contributed by atoms with E-state index in [-0.39, 0.29) is 0 Å². The molecule has 0 N–H and O–H groups in total. The zero-order chi connectivity index (χ0) is 23.8. The zero-order valence-electron chi connectivity index (χ0n) is 21.2. The predicted molar refractivity (Wildman–Crippen MR) is 147 cm³/mol. The molecule has 0 fully saturated rings. The molecule has 172 valence electrons. The summed E-state index contributed by atoms with van der Waals surface area (Å²) < 4.78 is 0. The maximum Gasteiger partial charge on any atom is 0.146 e. The second-order valence-electron chi connectivity index (χ2n) is 10.0. The topological polar surface area (TPSA) is 3.24 Å². The molecular weight excluding hydrogens is 414 g/mol. The summed E-state index contributed by atoms with van der Waals surface area (Å²) in [5, 5.41) is 0. The average Bonchev–Trinajstić information content (AvgIpc) is 2.80. The Hall–Kier alpha value is -2.76. The van der Waals surface area contributed by atoms with Crippen LogP contribution < -0.4 is 4.90 Å². The van der Waals surface area contributed by atoms with Crippen LogP contribution in [0.15, 0.2) is 84.9 Å². The van der Waals surface area contributed by atoms with E-state index in [1.165, 1.54) is 16.8 Å². The summed E-state index contributed by atoms with van der Waals surface area (Å²) in [4.78, 5) is 2.44. The van der Waals surface area contributed by atoms with Crippen LogP contribution in [-0.2, 0) is 13.1 Å². The van der Waals surface area contributed by atoms with Crippen LogP contribution in [0.2, 0.25) is 16.6 Å². The number of hydrogen-bond acceptors (Lipinski definition) is 1. The Morgan fingerprint density at radius 3 is 1.42 bits per heavy atom. The summed E-state index contributed by atoms with van der Waals surface area (Å²) in [6.07, 6.45) is 0. The van der Waals surface area contributed by atoms with Gasteiger partial charge >= 0.3 is 0 Å². The maximum absolute atomic E-state index is 3.85. The first-order valence-electron chi connectivity index (χ1n) is 12.3. The van der Waals surface area contributed by atoms with E-state index >= 15 is 0 Å². The van der Waals surface area contributed by atoms with Crippen molar-refractivity contribution >= 4 is 13.8 Å². The van der Waals surface area contributed by atoms with Crippen LogP contribution in [0.1, 0.15) is 58.2 Å². The van der Waals surface area contributed by atoms with Gasteiger partial charge in [0.2, 0.25) is 0 Å². The van der Waals surface area contributed by atoms with Crippen molar-refractivity contribution in [1.82, 2.24) is 0 Å². The third-order valence-electron chi connectivity index (χ3n) is 6.95. The standard InChI is InChI=1S/C31H39NSi/c1-25(2)33(26(3)4,27(5)6)22-21-28-17-19-31(20-18-28)32(23-29-13-9-7-10-14-29)24-30-15-11-8-12-16-30/h7-20,25-27H,23-24H2,1-6H3. The van der Waals surface area contributed by atoms with Crippen LogP contribution in [-0.4, -0.2) is 8.07 Å². The van der Waals surface area contributed by atoms with Gasteiger partial charge in [0.05, 0.1) is 0 Å². The smallest absolute Gasteiger partial charge is 0.146 e. The van der Waals surface area contributed by atoms with Crippen LogP contribution in [0.25, 0.3) is 0 Å². The van der Waals surface area contributed by atoms with Crippen molar-refractivity contribution in [2.75, 3.05) is 4.90 Å². The molecule has 1 nitrogen and oxygen atoms in total. The minimum absolute atomic E-state index is 0.650. The first-order valence-corrected chi connectivity index (χ1v) is 14.5. The molecule has 0 bridgehead atoms. The van der Waals surface area contributed by atoms with Gasteiger partial charge in [0.15, 0.2) is 0 Å². The fourth-order valence-corrected chi connectivity index (χ4v) is 10.4. The fourth-order valence-electron chi connectivity index (χ4n) is 5.22. The van der Waals surface area contributed by atoms with Crippen LogP contribution in [0.5, 0.6) is 0 Å². The first kappa shape index (κ1) is 24.9. The Balaban J connectivity index is 1.88. The Labute approximate surface area is 202 Å². The van der Waals surface area contributed by atoms with E-state index in [0.29, 0.717) is 16.6 Å². The highest BCUT2D eigenvalue weighted by atomic mass is 28.3. The van der Waals surface area contributed by atoms with Crippen molar-refractivity contribution in [1.29, 1.82) is 0 Å². The van der Waals surface area contributed by atoms with Crippen molar-refractivity contribution in [3.05, 3.63) is 102 Å². The van der Waals surface area contributed by atoms with E-state index in [1.807, 2.05) is 0 Å². The van der Waals surface area contributed by atoms with Crippen LogP contribution in [0.3, 0.4) is 0 Å². The minimum Gasteiger partial charge on any atom is -0.363 e. The molecule has 2 heteroatoms. The second-order valence-corrected chi connectivity index (χ2v) is 15.6. The highest BCUT2D eigenvalue weighted by Gasteiger charge is 2.41. The number of rotatable bonds is 8. The zero-order valence-corrected chi connectivity index (χ0v) is 22.2. The molecule has 0 radical (unpaired) electrons. The van der Waals surface area contributed by atoms with Gasteiger partial charge in [-0.25, -0.2) is 0 Å². The third-order valence-corrected chi connectivity index (χ3v) is 13.2. The summed E-state index contributed by atoms with van der Waals surface area (Å²) >= 11 is 0. The Kier molecular flexibility index (Phi) is 8.59. The van der Waals surface area contributed by atoms with Crippen molar-refractivity contribution in [2.45, 2.75) is 71.3 Å². The van der Waals surface area contributed by atoms with E-state index in [9.17, 15) is 0 Å². The molecule has 0 aromatic heterocycles. The number of hydrogen-bond donors (Lipinski definition) is 0. The SMILES string of the molecule is CC(C)[Si](C#Cc1ccc(N(Cc2ccccc2)Cc2ccccc2)cc1)(C(C)C)C(C)C. The molecule has 0 saturated carbocycles. The van der Waals surface area contributed by atoms with Gasteiger partial charge in [0, 0.05) is 24.3 Å². The van der Waals surface area contributed by atoms with Gasteiger partial charge in [-0.15, -0.1) is 5.54 Å². The molecule has 0 spiro atoms. The molecule has 0 unspecified atom stereocenters. The van der Waals surface area contributed by atoms with E-state index in [2.05, 4.69) is 143 Å². The van der Waals surface area contributed by atoms with Gasteiger partial charge in [0.25, 0.3) is 0 Å². The van der Waals surface area contributed by atoms with Crippen LogP contribution in [0.4, 0.5) is 5.69 Å². The molecule has 3 rings (SSSR count). The normalized spacial score (nSPS) is 11.5. The average molecular weight is 454 g/mol. The first-order chi connectivity index (χ1) is 15.8. The Morgan fingerprint density at radius 1 is 0.606 bits per heavy atom. The monoisotopic (exact) mass is 453 g/mol. The Bertz CT molecular complexity index is 978.